The van der Waals surface area contributed by atoms with Gasteiger partial charge in [0.25, 0.3) is 5.91 Å². The van der Waals surface area contributed by atoms with Crippen LogP contribution in [0.4, 0.5) is 5.69 Å². The number of hydrogen-bond acceptors (Lipinski definition) is 3. The van der Waals surface area contributed by atoms with E-state index in [-0.39, 0.29) is 5.91 Å². The van der Waals surface area contributed by atoms with Crippen molar-refractivity contribution in [2.24, 2.45) is 0 Å². The zero-order valence-electron chi connectivity index (χ0n) is 9.30. The number of pyridine rings is 1. The number of anilines is 1. The van der Waals surface area contributed by atoms with Gasteiger partial charge in [-0.2, -0.15) is 0 Å². The minimum Gasteiger partial charge on any atom is -0.459 e. The fraction of sp³-hybridized carbons (Fsp3) is 0.231. The van der Waals surface area contributed by atoms with Crippen molar-refractivity contribution in [2.45, 2.75) is 12.8 Å². The second-order valence-electron chi connectivity index (χ2n) is 4.01. The molecule has 0 aromatic carbocycles. The number of rotatable bonds is 1. The maximum Gasteiger partial charge on any atom is 0.294 e. The quantitative estimate of drug-likeness (QED) is 0.752. The first-order valence-electron chi connectivity index (χ1n) is 5.65. The second-order valence-corrected chi connectivity index (χ2v) is 4.01. The van der Waals surface area contributed by atoms with E-state index >= 15 is 0 Å². The largest absolute Gasteiger partial charge is 0.459 e. The highest BCUT2D eigenvalue weighted by Crippen LogP contribution is 2.26. The van der Waals surface area contributed by atoms with Gasteiger partial charge in [-0.05, 0) is 37.1 Å². The predicted molar refractivity (Wildman–Crippen MR) is 62.9 cm³/mol. The molecule has 17 heavy (non-hydrogen) atoms. The van der Waals surface area contributed by atoms with Crippen molar-refractivity contribution in [2.75, 3.05) is 11.4 Å². The molecule has 4 nitrogen and oxygen atoms in total. The topological polar surface area (TPSA) is 46.3 Å². The third-order valence-electron chi connectivity index (χ3n) is 2.93. The van der Waals surface area contributed by atoms with Crippen LogP contribution in [0.15, 0.2) is 41.1 Å². The molecule has 0 N–H and O–H groups in total. The summed E-state index contributed by atoms with van der Waals surface area (Å²) in [5.41, 5.74) is 1.89. The van der Waals surface area contributed by atoms with E-state index in [1.54, 1.807) is 23.2 Å². The van der Waals surface area contributed by atoms with E-state index in [2.05, 4.69) is 4.98 Å². The highest BCUT2D eigenvalue weighted by atomic mass is 16.3. The van der Waals surface area contributed by atoms with Crippen molar-refractivity contribution >= 4 is 11.6 Å². The minimum atomic E-state index is -0.0936. The SMILES string of the molecule is O=C(c1ccco1)N1CCCc2ncccc21. The molecule has 0 fully saturated rings. The van der Waals surface area contributed by atoms with E-state index in [9.17, 15) is 4.79 Å². The van der Waals surface area contributed by atoms with Gasteiger partial charge in [-0.3, -0.25) is 9.78 Å². The molecular formula is C13H12N2O2. The van der Waals surface area contributed by atoms with E-state index in [4.69, 9.17) is 4.42 Å². The lowest BCUT2D eigenvalue weighted by atomic mass is 10.1. The van der Waals surface area contributed by atoms with Crippen molar-refractivity contribution in [3.8, 4) is 0 Å². The Morgan fingerprint density at radius 2 is 2.29 bits per heavy atom. The van der Waals surface area contributed by atoms with Crippen LogP contribution < -0.4 is 4.90 Å². The summed E-state index contributed by atoms with van der Waals surface area (Å²) in [6.45, 7) is 0.720. The van der Waals surface area contributed by atoms with Gasteiger partial charge in [0.1, 0.15) is 0 Å². The molecule has 3 heterocycles. The Bertz CT molecular complexity index is 534. The fourth-order valence-electron chi connectivity index (χ4n) is 2.14. The number of furan rings is 1. The fourth-order valence-corrected chi connectivity index (χ4v) is 2.14. The van der Waals surface area contributed by atoms with Crippen molar-refractivity contribution in [1.29, 1.82) is 0 Å². The van der Waals surface area contributed by atoms with Crippen LogP contribution in [0.1, 0.15) is 22.7 Å². The molecule has 4 heteroatoms. The van der Waals surface area contributed by atoms with Crippen molar-refractivity contribution in [3.63, 3.8) is 0 Å². The third kappa shape index (κ3) is 1.71. The molecule has 0 radical (unpaired) electrons. The molecule has 2 aromatic heterocycles. The van der Waals surface area contributed by atoms with E-state index in [1.807, 2.05) is 12.1 Å². The van der Waals surface area contributed by atoms with E-state index in [1.165, 1.54) is 6.26 Å². The number of carbonyl (C=O) groups excluding carboxylic acids is 1. The summed E-state index contributed by atoms with van der Waals surface area (Å²) in [6, 6.07) is 7.20. The van der Waals surface area contributed by atoms with Crippen LogP contribution in [0.25, 0.3) is 0 Å². The van der Waals surface area contributed by atoms with Crippen LogP contribution in [-0.2, 0) is 6.42 Å². The van der Waals surface area contributed by atoms with Crippen LogP contribution in [0, 0.1) is 0 Å². The maximum atomic E-state index is 12.2. The summed E-state index contributed by atoms with van der Waals surface area (Å²) >= 11 is 0. The first-order chi connectivity index (χ1) is 8.36. The molecule has 86 valence electrons. The van der Waals surface area contributed by atoms with Gasteiger partial charge in [-0.1, -0.05) is 0 Å². The monoisotopic (exact) mass is 228 g/mol. The number of amides is 1. The van der Waals surface area contributed by atoms with Crippen LogP contribution >= 0.6 is 0 Å². The van der Waals surface area contributed by atoms with Gasteiger partial charge in [-0.25, -0.2) is 0 Å². The Hall–Kier alpha value is -2.10. The van der Waals surface area contributed by atoms with Gasteiger partial charge in [0.05, 0.1) is 17.6 Å². The molecule has 0 saturated heterocycles. The van der Waals surface area contributed by atoms with Gasteiger partial charge < -0.3 is 9.32 Å². The normalized spacial score (nSPS) is 14.5. The van der Waals surface area contributed by atoms with E-state index < -0.39 is 0 Å². The highest BCUT2D eigenvalue weighted by Gasteiger charge is 2.25. The second kappa shape index (κ2) is 4.05. The number of hydrogen-bond donors (Lipinski definition) is 0. The molecule has 0 atom stereocenters. The average molecular weight is 228 g/mol. The summed E-state index contributed by atoms with van der Waals surface area (Å²) in [4.78, 5) is 18.3. The Morgan fingerprint density at radius 1 is 1.35 bits per heavy atom. The lowest BCUT2D eigenvalue weighted by Gasteiger charge is -2.27. The zero-order valence-corrected chi connectivity index (χ0v) is 9.30. The Balaban J connectivity index is 1.98. The van der Waals surface area contributed by atoms with Gasteiger partial charge in [0.2, 0.25) is 0 Å². The lowest BCUT2D eigenvalue weighted by Crippen LogP contribution is -2.35. The van der Waals surface area contributed by atoms with Crippen molar-refractivity contribution in [3.05, 3.63) is 48.2 Å². The summed E-state index contributed by atoms with van der Waals surface area (Å²) < 4.78 is 5.15. The predicted octanol–water partition coefficient (Wildman–Crippen LogP) is 2.27. The summed E-state index contributed by atoms with van der Waals surface area (Å²) in [5, 5.41) is 0. The van der Waals surface area contributed by atoms with Crippen molar-refractivity contribution in [1.82, 2.24) is 4.98 Å². The lowest BCUT2D eigenvalue weighted by molar-refractivity contribution is 0.0958. The van der Waals surface area contributed by atoms with E-state index in [0.717, 1.165) is 30.8 Å². The van der Waals surface area contributed by atoms with E-state index in [0.29, 0.717) is 5.76 Å². The number of carbonyl (C=O) groups is 1. The van der Waals surface area contributed by atoms with Crippen molar-refractivity contribution < 1.29 is 9.21 Å². The molecule has 1 amide bonds. The molecule has 0 unspecified atom stereocenters. The Labute approximate surface area is 98.9 Å². The Kier molecular flexibility index (Phi) is 2.40. The average Bonchev–Trinajstić information content (AvgIpc) is 2.91. The van der Waals surface area contributed by atoms with Crippen LogP contribution in [-0.4, -0.2) is 17.4 Å². The zero-order chi connectivity index (χ0) is 11.7. The van der Waals surface area contributed by atoms with Gasteiger partial charge in [0.15, 0.2) is 5.76 Å². The third-order valence-corrected chi connectivity index (χ3v) is 2.93. The minimum absolute atomic E-state index is 0.0936. The first kappa shape index (κ1) is 10.1. The molecule has 0 aliphatic carbocycles. The first-order valence-corrected chi connectivity index (χ1v) is 5.65. The van der Waals surface area contributed by atoms with Gasteiger partial charge >= 0.3 is 0 Å². The van der Waals surface area contributed by atoms with Crippen LogP contribution in [0.5, 0.6) is 0 Å². The molecule has 3 rings (SSSR count). The smallest absolute Gasteiger partial charge is 0.294 e. The molecule has 0 bridgehead atoms. The van der Waals surface area contributed by atoms with Gasteiger partial charge in [0, 0.05) is 12.7 Å². The maximum absolute atomic E-state index is 12.2. The number of nitrogens with zero attached hydrogens (tertiary/aromatic N) is 2. The van der Waals surface area contributed by atoms with Crippen LogP contribution in [0.3, 0.4) is 0 Å². The molecule has 2 aromatic rings. The molecule has 1 aliphatic rings. The molecular weight excluding hydrogens is 216 g/mol. The highest BCUT2D eigenvalue weighted by molar-refractivity contribution is 6.04. The summed E-state index contributed by atoms with van der Waals surface area (Å²) in [7, 11) is 0. The molecule has 1 aliphatic heterocycles. The van der Waals surface area contributed by atoms with Crippen LogP contribution in [0.2, 0.25) is 0 Å². The Morgan fingerprint density at radius 3 is 3.12 bits per heavy atom. The number of aromatic nitrogens is 1. The molecule has 0 spiro atoms. The molecule has 0 saturated carbocycles. The standard InChI is InChI=1S/C13H12N2O2/c16-13(12-6-3-9-17-12)15-8-2-4-10-11(15)5-1-7-14-10/h1,3,5-7,9H,2,4,8H2. The number of aryl methyl sites for hydroxylation is 1. The summed E-state index contributed by atoms with van der Waals surface area (Å²) in [5.74, 6) is 0.283. The van der Waals surface area contributed by atoms with Gasteiger partial charge in [-0.15, -0.1) is 0 Å². The number of fused-ring (bicyclic) bond motifs is 1. The summed E-state index contributed by atoms with van der Waals surface area (Å²) in [6.07, 6.45) is 5.15.